The van der Waals surface area contributed by atoms with Crippen molar-refractivity contribution in [3.05, 3.63) is 54.0 Å². The van der Waals surface area contributed by atoms with Gasteiger partial charge in [0.15, 0.2) is 5.82 Å². The molecular weight excluding hydrogens is 531 g/mol. The number of halogens is 3. The first-order chi connectivity index (χ1) is 19.0. The lowest BCUT2D eigenvalue weighted by Crippen LogP contribution is -2.48. The highest BCUT2D eigenvalue weighted by Gasteiger charge is 2.31. The highest BCUT2D eigenvalue weighted by Crippen LogP contribution is 2.27. The van der Waals surface area contributed by atoms with Crippen LogP contribution < -0.4 is 31.8 Å². The molecule has 1 saturated heterocycles. The van der Waals surface area contributed by atoms with Gasteiger partial charge < -0.3 is 31.0 Å². The number of amides is 2. The fourth-order valence-corrected chi connectivity index (χ4v) is 4.03. The number of aromatic nitrogens is 2. The van der Waals surface area contributed by atoms with Crippen molar-refractivity contribution in [3.8, 4) is 5.75 Å². The summed E-state index contributed by atoms with van der Waals surface area (Å²) < 4.78 is 41.5. The van der Waals surface area contributed by atoms with Crippen molar-refractivity contribution in [2.24, 2.45) is 11.6 Å². The molecule has 0 bridgehead atoms. The maximum Gasteiger partial charge on any atom is 0.573 e. The van der Waals surface area contributed by atoms with E-state index in [4.69, 9.17) is 11.6 Å². The van der Waals surface area contributed by atoms with Gasteiger partial charge >= 0.3 is 6.36 Å². The number of nitrogens with zero attached hydrogens (tertiary/aromatic N) is 5. The smallest absolute Gasteiger partial charge is 0.406 e. The molecule has 1 fully saturated rings. The second-order valence-corrected chi connectivity index (χ2v) is 9.12. The summed E-state index contributed by atoms with van der Waals surface area (Å²) in [6.07, 6.45) is -1.17. The van der Waals surface area contributed by atoms with Crippen molar-refractivity contribution >= 4 is 23.3 Å². The predicted octanol–water partition coefficient (Wildman–Crippen LogP) is 1.18. The van der Waals surface area contributed by atoms with E-state index in [9.17, 15) is 22.8 Å². The van der Waals surface area contributed by atoms with Gasteiger partial charge in [0.05, 0.1) is 12.2 Å². The number of likely N-dealkylation sites (N-methyl/N-ethyl adjacent to an activating group) is 1. The van der Waals surface area contributed by atoms with Gasteiger partial charge in [-0.2, -0.15) is 5.10 Å². The summed E-state index contributed by atoms with van der Waals surface area (Å²) in [6.45, 7) is 2.90. The molecule has 40 heavy (non-hydrogen) atoms. The van der Waals surface area contributed by atoms with Crippen molar-refractivity contribution in [1.29, 1.82) is 0 Å². The van der Waals surface area contributed by atoms with E-state index >= 15 is 0 Å². The van der Waals surface area contributed by atoms with Gasteiger partial charge in [0.1, 0.15) is 11.4 Å². The molecule has 2 aromatic rings. The van der Waals surface area contributed by atoms with Crippen molar-refractivity contribution in [2.45, 2.75) is 25.6 Å². The number of aryl methyl sites for hydroxylation is 1. The van der Waals surface area contributed by atoms with Gasteiger partial charge in [-0.25, -0.2) is 5.84 Å². The lowest BCUT2D eigenvalue weighted by molar-refractivity contribution is -0.274. The molecule has 3 rings (SSSR count). The van der Waals surface area contributed by atoms with Gasteiger partial charge in [-0.15, -0.1) is 18.3 Å². The van der Waals surface area contributed by atoms with E-state index in [1.165, 1.54) is 36.5 Å². The fourth-order valence-electron chi connectivity index (χ4n) is 4.03. The molecule has 218 valence electrons. The third-order valence-electron chi connectivity index (χ3n) is 6.04. The summed E-state index contributed by atoms with van der Waals surface area (Å²) in [7, 11) is 1.48. The monoisotopic (exact) mass is 565 g/mol. The number of hydrogen-bond donors (Lipinski definition) is 4. The lowest BCUT2D eigenvalue weighted by atomic mass is 10.2. The van der Waals surface area contributed by atoms with Crippen LogP contribution in [-0.2, 0) is 16.0 Å². The quantitative estimate of drug-likeness (QED) is 0.128. The number of benzene rings is 1. The van der Waals surface area contributed by atoms with E-state index in [-0.39, 0.29) is 23.9 Å². The number of alkyl halides is 3. The van der Waals surface area contributed by atoms with Crippen molar-refractivity contribution in [2.75, 3.05) is 56.5 Å². The number of anilines is 2. The van der Waals surface area contributed by atoms with Crippen LogP contribution >= 0.6 is 0 Å². The average molecular weight is 566 g/mol. The predicted molar refractivity (Wildman–Crippen MR) is 143 cm³/mol. The first kappa shape index (κ1) is 30.4. The molecule has 0 unspecified atom stereocenters. The number of unbranched alkanes of at least 4 members (excludes halogenated alkanes) is 1. The SMILES string of the molecule is CNC(=O)/C(N)=C/N(N)CCCCc1ccc(NC(=O)CN2CCN(c3cccc(OC(F)(F)F)c3)CC2)nn1. The zero-order chi connectivity index (χ0) is 29.1. The van der Waals surface area contributed by atoms with Gasteiger partial charge in [0, 0.05) is 57.7 Å². The molecule has 6 N–H and O–H groups in total. The molecule has 1 aliphatic rings. The summed E-state index contributed by atoms with van der Waals surface area (Å²) in [5, 5.41) is 14.7. The van der Waals surface area contributed by atoms with Crippen LogP contribution in [0.3, 0.4) is 0 Å². The van der Waals surface area contributed by atoms with Gasteiger partial charge in [-0.3, -0.25) is 14.5 Å². The number of carbonyl (C=O) groups is 2. The maximum absolute atomic E-state index is 12.5. The van der Waals surface area contributed by atoms with Crippen LogP contribution in [0.2, 0.25) is 0 Å². The third-order valence-corrected chi connectivity index (χ3v) is 6.04. The van der Waals surface area contributed by atoms with E-state index in [1.807, 2.05) is 9.80 Å². The van der Waals surface area contributed by atoms with Gasteiger partial charge in [0.25, 0.3) is 5.91 Å². The number of hydrazine groups is 1. The Morgan fingerprint density at radius 2 is 1.88 bits per heavy atom. The van der Waals surface area contributed by atoms with Gasteiger partial charge in [-0.1, -0.05) is 6.07 Å². The number of nitrogens with two attached hydrogens (primary N) is 2. The van der Waals surface area contributed by atoms with Crippen LogP contribution in [-0.4, -0.2) is 84.6 Å². The zero-order valence-electron chi connectivity index (χ0n) is 22.2. The maximum atomic E-state index is 12.5. The Bertz CT molecular complexity index is 1150. The zero-order valence-corrected chi connectivity index (χ0v) is 22.2. The Morgan fingerprint density at radius 3 is 2.52 bits per heavy atom. The standard InChI is InChI=1S/C25H34F3N9O3/c1-31-24(39)21(29)16-37(30)10-3-2-5-18-8-9-22(34-33-18)32-23(38)17-35-11-13-36(14-12-35)19-6-4-7-20(15-19)40-25(26,27)28/h4,6-9,15-16H,2-3,5,10-14,17,29-30H2,1H3,(H,31,39)(H,32,34,38)/b21-16-. The fraction of sp³-hybridized carbons (Fsp3) is 0.440. The van der Waals surface area contributed by atoms with Crippen LogP contribution in [0.4, 0.5) is 24.7 Å². The van der Waals surface area contributed by atoms with Gasteiger partial charge in [0.2, 0.25) is 5.91 Å². The Labute approximate surface area is 230 Å². The highest BCUT2D eigenvalue weighted by atomic mass is 19.4. The normalized spacial score (nSPS) is 14.5. The van der Waals surface area contributed by atoms with Crippen molar-refractivity contribution in [3.63, 3.8) is 0 Å². The topological polar surface area (TPSA) is 155 Å². The molecule has 0 spiro atoms. The number of nitrogens with one attached hydrogen (secondary N) is 2. The average Bonchev–Trinajstić information content (AvgIpc) is 2.91. The van der Waals surface area contributed by atoms with E-state index in [0.29, 0.717) is 50.6 Å². The van der Waals surface area contributed by atoms with E-state index in [2.05, 4.69) is 25.6 Å². The minimum absolute atomic E-state index is 0.0277. The summed E-state index contributed by atoms with van der Waals surface area (Å²) in [6, 6.07) is 9.34. The summed E-state index contributed by atoms with van der Waals surface area (Å²) >= 11 is 0. The van der Waals surface area contributed by atoms with Crippen LogP contribution in [0, 0.1) is 0 Å². The number of ether oxygens (including phenoxy) is 1. The van der Waals surface area contributed by atoms with E-state index in [1.54, 1.807) is 18.2 Å². The van der Waals surface area contributed by atoms with Crippen molar-refractivity contribution in [1.82, 2.24) is 25.4 Å². The Morgan fingerprint density at radius 1 is 1.12 bits per heavy atom. The minimum Gasteiger partial charge on any atom is -0.406 e. The molecule has 0 saturated carbocycles. The number of hydrogen-bond acceptors (Lipinski definition) is 10. The van der Waals surface area contributed by atoms with Crippen LogP contribution in [0.1, 0.15) is 18.5 Å². The van der Waals surface area contributed by atoms with E-state index < -0.39 is 12.3 Å². The molecule has 0 radical (unpaired) electrons. The highest BCUT2D eigenvalue weighted by molar-refractivity contribution is 5.92. The Hall–Kier alpha value is -4.11. The van der Waals surface area contributed by atoms with Crippen LogP contribution in [0.25, 0.3) is 0 Å². The summed E-state index contributed by atoms with van der Waals surface area (Å²) in [5.41, 5.74) is 7.04. The van der Waals surface area contributed by atoms with Crippen molar-refractivity contribution < 1.29 is 27.5 Å². The molecule has 12 nitrogen and oxygen atoms in total. The van der Waals surface area contributed by atoms with Crippen LogP contribution in [0.5, 0.6) is 5.75 Å². The first-order valence-corrected chi connectivity index (χ1v) is 12.7. The Kier molecular flexibility index (Phi) is 10.9. The molecule has 1 aliphatic heterocycles. The first-order valence-electron chi connectivity index (χ1n) is 12.7. The molecule has 0 aliphatic carbocycles. The molecule has 1 aromatic heterocycles. The second-order valence-electron chi connectivity index (χ2n) is 9.12. The number of piperazine rings is 1. The van der Waals surface area contributed by atoms with E-state index in [0.717, 1.165) is 18.5 Å². The molecule has 2 heterocycles. The minimum atomic E-state index is -4.74. The molecule has 1 aromatic carbocycles. The molecule has 2 amide bonds. The molecule has 0 atom stereocenters. The third kappa shape index (κ3) is 10.2. The lowest BCUT2D eigenvalue weighted by Gasteiger charge is -2.35. The largest absolute Gasteiger partial charge is 0.573 e. The Balaban J connectivity index is 1.36. The van der Waals surface area contributed by atoms with Gasteiger partial charge in [-0.05, 0) is 43.5 Å². The van der Waals surface area contributed by atoms with Crippen LogP contribution in [0.15, 0.2) is 48.3 Å². The second kappa shape index (κ2) is 14.3. The molecular formula is C25H34F3N9O3. The number of carbonyl (C=O) groups excluding carboxylic acids is 2. The summed E-state index contributed by atoms with van der Waals surface area (Å²) in [5.74, 6) is 5.27. The molecule has 15 heteroatoms. The summed E-state index contributed by atoms with van der Waals surface area (Å²) in [4.78, 5) is 27.8. The number of rotatable bonds is 12.